The summed E-state index contributed by atoms with van der Waals surface area (Å²) in [5, 5.41) is 5.46. The second kappa shape index (κ2) is 5.99. The topological polar surface area (TPSA) is 21.3 Å². The molecule has 2 heterocycles. The van der Waals surface area contributed by atoms with Crippen LogP contribution in [-0.2, 0) is 11.3 Å². The summed E-state index contributed by atoms with van der Waals surface area (Å²) in [4.78, 5) is 1.29. The average molecular weight is 290 g/mol. The van der Waals surface area contributed by atoms with Crippen LogP contribution in [0.25, 0.3) is 0 Å². The van der Waals surface area contributed by atoms with Crippen molar-refractivity contribution in [3.05, 3.63) is 20.8 Å². The number of ether oxygens (including phenoxy) is 1. The molecule has 4 heteroatoms. The molecule has 0 saturated carbocycles. The summed E-state index contributed by atoms with van der Waals surface area (Å²) in [6.45, 7) is 3.99. The highest BCUT2D eigenvalue weighted by atomic mass is 79.9. The molecule has 1 aliphatic rings. The summed E-state index contributed by atoms with van der Waals surface area (Å²) in [7, 11) is 0. The summed E-state index contributed by atoms with van der Waals surface area (Å²) >= 11 is 5.25. The van der Waals surface area contributed by atoms with Crippen LogP contribution in [0.3, 0.4) is 0 Å². The van der Waals surface area contributed by atoms with Gasteiger partial charge < -0.3 is 10.1 Å². The molecule has 0 radical (unpaired) electrons. The summed E-state index contributed by atoms with van der Waals surface area (Å²) in [5.74, 6) is 0.830. The lowest BCUT2D eigenvalue weighted by Crippen LogP contribution is -2.10. The first-order valence-corrected chi connectivity index (χ1v) is 7.04. The third kappa shape index (κ3) is 3.55. The van der Waals surface area contributed by atoms with E-state index in [1.54, 1.807) is 11.3 Å². The Balaban J connectivity index is 1.60. The van der Waals surface area contributed by atoms with Crippen molar-refractivity contribution in [3.8, 4) is 0 Å². The molecule has 0 aromatic carbocycles. The van der Waals surface area contributed by atoms with Gasteiger partial charge in [0.2, 0.25) is 0 Å². The molecular weight excluding hydrogens is 274 g/mol. The molecule has 1 saturated heterocycles. The van der Waals surface area contributed by atoms with Gasteiger partial charge in [0.25, 0.3) is 0 Å². The molecule has 1 fully saturated rings. The third-order valence-corrected chi connectivity index (χ3v) is 4.66. The van der Waals surface area contributed by atoms with Crippen LogP contribution >= 0.6 is 27.3 Å². The number of thiophene rings is 1. The van der Waals surface area contributed by atoms with E-state index in [1.807, 2.05) is 0 Å². The minimum atomic E-state index is 0.748. The second-order valence-electron chi connectivity index (χ2n) is 3.89. The third-order valence-electron chi connectivity index (χ3n) is 2.76. The van der Waals surface area contributed by atoms with Gasteiger partial charge >= 0.3 is 0 Å². The quantitative estimate of drug-likeness (QED) is 0.842. The highest BCUT2D eigenvalue weighted by molar-refractivity contribution is 9.10. The average Bonchev–Trinajstić information content (AvgIpc) is 2.85. The maximum absolute atomic E-state index is 5.67. The van der Waals surface area contributed by atoms with Gasteiger partial charge in [-0.15, -0.1) is 11.3 Å². The van der Waals surface area contributed by atoms with Crippen molar-refractivity contribution in [1.82, 2.24) is 5.32 Å². The van der Waals surface area contributed by atoms with Crippen LogP contribution in [0.5, 0.6) is 0 Å². The highest BCUT2D eigenvalue weighted by Crippen LogP contribution is 2.23. The Morgan fingerprint density at radius 2 is 2.53 bits per heavy atom. The second-order valence-corrected chi connectivity index (χ2v) is 5.75. The summed E-state index contributed by atoms with van der Waals surface area (Å²) in [5.41, 5.74) is 0. The lowest BCUT2D eigenvalue weighted by Gasteiger charge is -2.08. The number of nitrogens with one attached hydrogen (secondary N) is 1. The van der Waals surface area contributed by atoms with E-state index in [2.05, 4.69) is 32.7 Å². The molecule has 0 spiro atoms. The van der Waals surface area contributed by atoms with Crippen molar-refractivity contribution >= 4 is 27.3 Å². The molecule has 0 bridgehead atoms. The molecule has 0 amide bonds. The Kier molecular flexibility index (Phi) is 4.62. The van der Waals surface area contributed by atoms with Crippen LogP contribution in [0.15, 0.2) is 15.9 Å². The Hall–Kier alpha value is 0.1000. The number of hydrogen-bond acceptors (Lipinski definition) is 3. The molecule has 1 aliphatic heterocycles. The van der Waals surface area contributed by atoms with Crippen molar-refractivity contribution in [1.29, 1.82) is 0 Å². The van der Waals surface area contributed by atoms with Crippen LogP contribution in [0.2, 0.25) is 0 Å². The maximum atomic E-state index is 5.67. The monoisotopic (exact) mass is 289 g/mol. The van der Waals surface area contributed by atoms with Crippen LogP contribution < -0.4 is 5.32 Å². The fourth-order valence-electron chi connectivity index (χ4n) is 1.80. The summed E-state index contributed by atoms with van der Waals surface area (Å²) in [6, 6.07) is 2.07. The fraction of sp³-hybridized carbons (Fsp3) is 0.636. The smallest absolute Gasteiger partial charge is 0.0820 e. The van der Waals surface area contributed by atoms with Gasteiger partial charge in [-0.05, 0) is 59.2 Å². The minimum Gasteiger partial charge on any atom is -0.376 e. The van der Waals surface area contributed by atoms with E-state index < -0.39 is 0 Å². The predicted molar refractivity (Wildman–Crippen MR) is 67.3 cm³/mol. The predicted octanol–water partition coefficient (Wildman–Crippen LogP) is 3.03. The zero-order chi connectivity index (χ0) is 10.5. The van der Waals surface area contributed by atoms with Gasteiger partial charge in [0, 0.05) is 16.0 Å². The molecule has 0 aliphatic carbocycles. The molecular formula is C11H16BrNOS. The Morgan fingerprint density at radius 3 is 3.20 bits per heavy atom. The number of rotatable bonds is 5. The molecule has 15 heavy (non-hydrogen) atoms. The summed E-state index contributed by atoms with van der Waals surface area (Å²) < 4.78 is 6.85. The van der Waals surface area contributed by atoms with Crippen molar-refractivity contribution < 1.29 is 4.74 Å². The first-order valence-electron chi connectivity index (χ1n) is 5.36. The van der Waals surface area contributed by atoms with E-state index >= 15 is 0 Å². The van der Waals surface area contributed by atoms with Gasteiger partial charge in [0.15, 0.2) is 0 Å². The van der Waals surface area contributed by atoms with E-state index in [1.165, 1.54) is 35.3 Å². The largest absolute Gasteiger partial charge is 0.376 e. The number of hydrogen-bond donors (Lipinski definition) is 1. The maximum Gasteiger partial charge on any atom is 0.0820 e. The fourth-order valence-corrected chi connectivity index (χ4v) is 3.21. The summed E-state index contributed by atoms with van der Waals surface area (Å²) in [6.07, 6.45) is 2.50. The Morgan fingerprint density at radius 1 is 1.60 bits per heavy atom. The van der Waals surface area contributed by atoms with Gasteiger partial charge in [-0.2, -0.15) is 0 Å². The standard InChI is InChI=1S/C11H16BrNOS/c12-10-3-6-15-11(10)8-14-5-2-9-1-4-13-7-9/h3,6,9,13H,1-2,4-5,7-8H2. The zero-order valence-corrected chi connectivity index (χ0v) is 11.1. The van der Waals surface area contributed by atoms with Crippen LogP contribution in [-0.4, -0.2) is 19.7 Å². The van der Waals surface area contributed by atoms with E-state index in [-0.39, 0.29) is 0 Å². The molecule has 1 aromatic heterocycles. The molecule has 1 atom stereocenters. The van der Waals surface area contributed by atoms with E-state index in [0.29, 0.717) is 0 Å². The molecule has 1 N–H and O–H groups in total. The SMILES string of the molecule is Brc1ccsc1COCCC1CCNC1. The van der Waals surface area contributed by atoms with Crippen molar-refractivity contribution in [2.24, 2.45) is 5.92 Å². The molecule has 2 rings (SSSR count). The number of halogens is 1. The lowest BCUT2D eigenvalue weighted by atomic mass is 10.1. The van der Waals surface area contributed by atoms with E-state index in [9.17, 15) is 0 Å². The molecule has 1 aromatic rings. The van der Waals surface area contributed by atoms with Crippen molar-refractivity contribution in [2.45, 2.75) is 19.4 Å². The molecule has 84 valence electrons. The van der Waals surface area contributed by atoms with E-state index in [0.717, 1.165) is 19.1 Å². The van der Waals surface area contributed by atoms with Crippen molar-refractivity contribution in [3.63, 3.8) is 0 Å². The first kappa shape index (κ1) is 11.6. The lowest BCUT2D eigenvalue weighted by molar-refractivity contribution is 0.110. The van der Waals surface area contributed by atoms with Gasteiger partial charge in [-0.25, -0.2) is 0 Å². The van der Waals surface area contributed by atoms with Crippen LogP contribution in [0.1, 0.15) is 17.7 Å². The Labute approximate surface area is 103 Å². The highest BCUT2D eigenvalue weighted by Gasteiger charge is 2.13. The van der Waals surface area contributed by atoms with Gasteiger partial charge in [0.1, 0.15) is 0 Å². The minimum absolute atomic E-state index is 0.748. The normalized spacial score (nSPS) is 21.0. The zero-order valence-electron chi connectivity index (χ0n) is 8.67. The Bertz CT molecular complexity index is 297. The van der Waals surface area contributed by atoms with Gasteiger partial charge in [-0.1, -0.05) is 0 Å². The molecule has 1 unspecified atom stereocenters. The van der Waals surface area contributed by atoms with Crippen molar-refractivity contribution in [2.75, 3.05) is 19.7 Å². The molecule has 2 nitrogen and oxygen atoms in total. The van der Waals surface area contributed by atoms with Gasteiger partial charge in [0.05, 0.1) is 6.61 Å². The van der Waals surface area contributed by atoms with Crippen LogP contribution in [0, 0.1) is 5.92 Å². The van der Waals surface area contributed by atoms with Gasteiger partial charge in [-0.3, -0.25) is 0 Å². The van der Waals surface area contributed by atoms with E-state index in [4.69, 9.17) is 4.74 Å². The first-order chi connectivity index (χ1) is 7.36. The van der Waals surface area contributed by atoms with Crippen LogP contribution in [0.4, 0.5) is 0 Å².